The van der Waals surface area contributed by atoms with E-state index in [4.69, 9.17) is 9.98 Å². The largest absolute Gasteiger partial charge is 0.291 e. The van der Waals surface area contributed by atoms with Gasteiger partial charge >= 0.3 is 0 Å². The van der Waals surface area contributed by atoms with E-state index < -0.39 is 0 Å². The molecule has 0 aromatic rings. The third-order valence-corrected chi connectivity index (χ3v) is 5.29. The van der Waals surface area contributed by atoms with Crippen molar-refractivity contribution in [2.24, 2.45) is 21.8 Å². The van der Waals surface area contributed by atoms with E-state index >= 15 is 0 Å². The van der Waals surface area contributed by atoms with Crippen molar-refractivity contribution >= 4 is 11.4 Å². The lowest BCUT2D eigenvalue weighted by Crippen LogP contribution is -2.18. The van der Waals surface area contributed by atoms with E-state index in [1.165, 1.54) is 62.8 Å². The summed E-state index contributed by atoms with van der Waals surface area (Å²) in [5, 5.41) is 0. The Labute approximate surface area is 131 Å². The van der Waals surface area contributed by atoms with Crippen molar-refractivity contribution in [2.75, 3.05) is 0 Å². The van der Waals surface area contributed by atoms with E-state index in [1.807, 2.05) is 0 Å². The van der Waals surface area contributed by atoms with Gasteiger partial charge in [-0.05, 0) is 77.0 Å². The third kappa shape index (κ3) is 5.92. The van der Waals surface area contributed by atoms with Gasteiger partial charge in [-0.15, -0.1) is 0 Å². The Morgan fingerprint density at radius 3 is 1.33 bits per heavy atom. The van der Waals surface area contributed by atoms with Gasteiger partial charge in [0.25, 0.3) is 0 Å². The van der Waals surface area contributed by atoms with Gasteiger partial charge in [-0.2, -0.15) is 0 Å². The normalized spacial score (nSPS) is 35.8. The molecule has 0 aromatic heterocycles. The first kappa shape index (κ1) is 16.7. The molecule has 0 bridgehead atoms. The molecule has 0 spiro atoms. The molecule has 2 heteroatoms. The standard InChI is InChI=1S/C19H34N2/c1-14-5-9-18(10-6-14)20-16(3)13-17(4)21-19-11-7-15(2)8-12-19/h14-15,18-19H,5-13H2,1-4H3. The van der Waals surface area contributed by atoms with Gasteiger partial charge in [0.05, 0.1) is 0 Å². The number of hydrogen-bond acceptors (Lipinski definition) is 2. The zero-order chi connectivity index (χ0) is 15.2. The lowest BCUT2D eigenvalue weighted by molar-refractivity contribution is 0.348. The molecular formula is C19H34N2. The molecule has 0 aromatic carbocycles. The monoisotopic (exact) mass is 290 g/mol. The molecular weight excluding hydrogens is 256 g/mol. The predicted octanol–water partition coefficient (Wildman–Crippen LogP) is 5.46. The zero-order valence-electron chi connectivity index (χ0n) is 14.6. The third-order valence-electron chi connectivity index (χ3n) is 5.29. The van der Waals surface area contributed by atoms with Crippen LogP contribution in [0.25, 0.3) is 0 Å². The molecule has 0 saturated heterocycles. The Hall–Kier alpha value is -0.660. The van der Waals surface area contributed by atoms with Crippen LogP contribution in [0.3, 0.4) is 0 Å². The Kier molecular flexibility index (Phi) is 6.44. The van der Waals surface area contributed by atoms with Gasteiger partial charge in [0.2, 0.25) is 0 Å². The van der Waals surface area contributed by atoms with Crippen molar-refractivity contribution in [3.05, 3.63) is 0 Å². The molecule has 0 N–H and O–H groups in total. The lowest BCUT2D eigenvalue weighted by Gasteiger charge is -2.24. The second-order valence-electron chi connectivity index (χ2n) is 7.73. The van der Waals surface area contributed by atoms with Crippen LogP contribution in [-0.2, 0) is 0 Å². The van der Waals surface area contributed by atoms with Crippen LogP contribution in [0, 0.1) is 11.8 Å². The quantitative estimate of drug-likeness (QED) is 0.615. The van der Waals surface area contributed by atoms with Crippen molar-refractivity contribution in [3.63, 3.8) is 0 Å². The number of nitrogens with zero attached hydrogens (tertiary/aromatic N) is 2. The van der Waals surface area contributed by atoms with Crippen LogP contribution in [0.15, 0.2) is 9.98 Å². The number of hydrogen-bond donors (Lipinski definition) is 0. The Morgan fingerprint density at radius 1 is 0.667 bits per heavy atom. The summed E-state index contributed by atoms with van der Waals surface area (Å²) in [6, 6.07) is 1.18. The van der Waals surface area contributed by atoms with Gasteiger partial charge in [-0.3, -0.25) is 9.98 Å². The van der Waals surface area contributed by atoms with Gasteiger partial charge in [0.1, 0.15) is 0 Å². The maximum absolute atomic E-state index is 4.95. The van der Waals surface area contributed by atoms with Crippen molar-refractivity contribution in [3.8, 4) is 0 Å². The fraction of sp³-hybridized carbons (Fsp3) is 0.895. The highest BCUT2D eigenvalue weighted by Gasteiger charge is 2.18. The van der Waals surface area contributed by atoms with E-state index in [0.717, 1.165) is 18.3 Å². The average Bonchev–Trinajstić information content (AvgIpc) is 2.44. The van der Waals surface area contributed by atoms with Crippen molar-refractivity contribution in [1.82, 2.24) is 0 Å². The van der Waals surface area contributed by atoms with Crippen molar-refractivity contribution in [2.45, 2.75) is 97.6 Å². The van der Waals surface area contributed by atoms with Crippen LogP contribution in [0.1, 0.15) is 85.5 Å². The molecule has 0 heterocycles. The Morgan fingerprint density at radius 2 is 1.00 bits per heavy atom. The summed E-state index contributed by atoms with van der Waals surface area (Å²) in [5.74, 6) is 1.82. The van der Waals surface area contributed by atoms with E-state index in [-0.39, 0.29) is 0 Å². The molecule has 2 saturated carbocycles. The molecule has 2 nitrogen and oxygen atoms in total. The first-order valence-electron chi connectivity index (χ1n) is 9.09. The smallest absolute Gasteiger partial charge is 0.0499 e. The topological polar surface area (TPSA) is 24.7 Å². The predicted molar refractivity (Wildman–Crippen MR) is 93.7 cm³/mol. The summed E-state index contributed by atoms with van der Waals surface area (Å²) < 4.78 is 0. The second-order valence-corrected chi connectivity index (χ2v) is 7.73. The Balaban J connectivity index is 1.79. The van der Waals surface area contributed by atoms with Crippen LogP contribution in [0.2, 0.25) is 0 Å². The average molecular weight is 290 g/mol. The number of rotatable bonds is 4. The molecule has 0 aliphatic heterocycles. The van der Waals surface area contributed by atoms with Crippen LogP contribution < -0.4 is 0 Å². The van der Waals surface area contributed by atoms with E-state index in [2.05, 4.69) is 27.7 Å². The molecule has 2 aliphatic rings. The molecule has 120 valence electrons. The van der Waals surface area contributed by atoms with E-state index in [9.17, 15) is 0 Å². The van der Waals surface area contributed by atoms with Gasteiger partial charge in [0, 0.05) is 29.9 Å². The van der Waals surface area contributed by atoms with Gasteiger partial charge in [0.15, 0.2) is 0 Å². The minimum atomic E-state index is 0.588. The second kappa shape index (κ2) is 8.10. The van der Waals surface area contributed by atoms with E-state index in [0.29, 0.717) is 12.1 Å². The van der Waals surface area contributed by atoms with Crippen LogP contribution in [0.4, 0.5) is 0 Å². The number of aliphatic imine (C=N–C) groups is 2. The highest BCUT2D eigenvalue weighted by molar-refractivity contribution is 6.02. The maximum atomic E-state index is 4.95. The lowest BCUT2D eigenvalue weighted by atomic mass is 9.87. The molecule has 2 aliphatic carbocycles. The maximum Gasteiger partial charge on any atom is 0.0499 e. The molecule has 2 fully saturated rings. The summed E-state index contributed by atoms with van der Waals surface area (Å²) in [6.45, 7) is 9.13. The molecule has 0 radical (unpaired) electrons. The summed E-state index contributed by atoms with van der Waals surface area (Å²) in [7, 11) is 0. The fourth-order valence-electron chi connectivity index (χ4n) is 3.83. The Bertz CT molecular complexity index is 331. The van der Waals surface area contributed by atoms with E-state index in [1.54, 1.807) is 0 Å². The molecule has 2 rings (SSSR count). The molecule has 0 atom stereocenters. The SMILES string of the molecule is CC(CC(C)=NC1CCC(C)CC1)=NC1CCC(C)CC1. The molecule has 21 heavy (non-hydrogen) atoms. The van der Waals surface area contributed by atoms with Crippen molar-refractivity contribution in [1.29, 1.82) is 0 Å². The summed E-state index contributed by atoms with van der Waals surface area (Å²) >= 11 is 0. The van der Waals surface area contributed by atoms with Crippen LogP contribution in [-0.4, -0.2) is 23.5 Å². The van der Waals surface area contributed by atoms with Crippen LogP contribution in [0.5, 0.6) is 0 Å². The highest BCUT2D eigenvalue weighted by atomic mass is 14.8. The first-order valence-corrected chi connectivity index (χ1v) is 9.09. The zero-order valence-corrected chi connectivity index (χ0v) is 14.6. The van der Waals surface area contributed by atoms with Gasteiger partial charge in [-0.1, -0.05) is 13.8 Å². The highest BCUT2D eigenvalue weighted by Crippen LogP contribution is 2.27. The first-order chi connectivity index (χ1) is 10.0. The molecule has 0 amide bonds. The van der Waals surface area contributed by atoms with Crippen LogP contribution >= 0.6 is 0 Å². The van der Waals surface area contributed by atoms with Gasteiger partial charge < -0.3 is 0 Å². The van der Waals surface area contributed by atoms with Crippen molar-refractivity contribution < 1.29 is 0 Å². The summed E-state index contributed by atoms with van der Waals surface area (Å²) in [5.41, 5.74) is 2.58. The summed E-state index contributed by atoms with van der Waals surface area (Å²) in [4.78, 5) is 9.90. The van der Waals surface area contributed by atoms with Gasteiger partial charge in [-0.25, -0.2) is 0 Å². The molecule has 0 unspecified atom stereocenters. The summed E-state index contributed by atoms with van der Waals surface area (Å²) in [6.07, 6.45) is 11.6. The minimum absolute atomic E-state index is 0.588. The minimum Gasteiger partial charge on any atom is -0.291 e. The fourth-order valence-corrected chi connectivity index (χ4v) is 3.83.